The van der Waals surface area contributed by atoms with E-state index in [0.29, 0.717) is 18.8 Å². The quantitative estimate of drug-likeness (QED) is 0.846. The summed E-state index contributed by atoms with van der Waals surface area (Å²) in [7, 11) is 0. The molecule has 0 fully saturated rings. The Labute approximate surface area is 140 Å². The van der Waals surface area contributed by atoms with Crippen LogP contribution in [0.1, 0.15) is 28.0 Å². The maximum absolute atomic E-state index is 11.9. The first-order valence-corrected chi connectivity index (χ1v) is 7.63. The van der Waals surface area contributed by atoms with E-state index in [1.165, 1.54) is 11.3 Å². The van der Waals surface area contributed by atoms with Crippen molar-refractivity contribution in [2.24, 2.45) is 5.73 Å². The number of halogens is 1. The third kappa shape index (κ3) is 4.98. The zero-order valence-electron chi connectivity index (χ0n) is 12.5. The van der Waals surface area contributed by atoms with Crippen molar-refractivity contribution in [2.45, 2.75) is 26.5 Å². The number of para-hydroxylation sites is 1. The standard InChI is InChI=1S/C15H19N3O2S.ClH/c1-10-5-3-4-6-13(10)20-11(2)8-17-15(19)12-9-21-14(7-16)18-12;/h3-6,9,11H,7-8,16H2,1-2H3,(H,17,19);1H. The summed E-state index contributed by atoms with van der Waals surface area (Å²) in [5.41, 5.74) is 6.96. The van der Waals surface area contributed by atoms with Gasteiger partial charge in [-0.15, -0.1) is 23.7 Å². The number of nitrogens with two attached hydrogens (primary N) is 1. The summed E-state index contributed by atoms with van der Waals surface area (Å²) >= 11 is 1.39. The summed E-state index contributed by atoms with van der Waals surface area (Å²) in [6.45, 7) is 4.68. The van der Waals surface area contributed by atoms with E-state index < -0.39 is 0 Å². The Balaban J connectivity index is 0.00000242. The molecule has 22 heavy (non-hydrogen) atoms. The fraction of sp³-hybridized carbons (Fsp3) is 0.333. The number of nitrogens with one attached hydrogen (secondary N) is 1. The van der Waals surface area contributed by atoms with Gasteiger partial charge >= 0.3 is 0 Å². The second-order valence-electron chi connectivity index (χ2n) is 4.73. The molecule has 0 aliphatic carbocycles. The molecule has 1 atom stereocenters. The largest absolute Gasteiger partial charge is 0.489 e. The number of benzene rings is 1. The number of rotatable bonds is 6. The number of carbonyl (C=O) groups excluding carboxylic acids is 1. The first-order chi connectivity index (χ1) is 10.1. The lowest BCUT2D eigenvalue weighted by molar-refractivity contribution is 0.0927. The highest BCUT2D eigenvalue weighted by Crippen LogP contribution is 2.17. The van der Waals surface area contributed by atoms with E-state index in [0.717, 1.165) is 16.3 Å². The van der Waals surface area contributed by atoms with Crippen molar-refractivity contribution in [1.29, 1.82) is 0 Å². The molecular formula is C15H20ClN3O2S. The molecule has 5 nitrogen and oxygen atoms in total. The van der Waals surface area contributed by atoms with Crippen LogP contribution < -0.4 is 15.8 Å². The van der Waals surface area contributed by atoms with Gasteiger partial charge in [0.15, 0.2) is 0 Å². The molecule has 7 heteroatoms. The van der Waals surface area contributed by atoms with Gasteiger partial charge in [0.25, 0.3) is 5.91 Å². The topological polar surface area (TPSA) is 77.2 Å². The van der Waals surface area contributed by atoms with Gasteiger partial charge in [0, 0.05) is 11.9 Å². The van der Waals surface area contributed by atoms with Crippen molar-refractivity contribution >= 4 is 29.7 Å². The summed E-state index contributed by atoms with van der Waals surface area (Å²) in [6.07, 6.45) is -0.123. The van der Waals surface area contributed by atoms with E-state index in [4.69, 9.17) is 10.5 Å². The van der Waals surface area contributed by atoms with Crippen molar-refractivity contribution in [3.05, 3.63) is 45.9 Å². The lowest BCUT2D eigenvalue weighted by Gasteiger charge is -2.16. The number of aryl methyl sites for hydroxylation is 1. The molecule has 2 aromatic rings. The molecule has 120 valence electrons. The molecule has 1 aromatic carbocycles. The van der Waals surface area contributed by atoms with Gasteiger partial charge in [-0.3, -0.25) is 4.79 Å². The Hall–Kier alpha value is -1.63. The second kappa shape index (κ2) is 8.73. The summed E-state index contributed by atoms with van der Waals surface area (Å²) < 4.78 is 5.81. The average molecular weight is 342 g/mol. The SMILES string of the molecule is Cc1ccccc1OC(C)CNC(=O)c1csc(CN)n1.Cl. The lowest BCUT2D eigenvalue weighted by Crippen LogP contribution is -2.33. The average Bonchev–Trinajstić information content (AvgIpc) is 2.96. The molecule has 0 radical (unpaired) electrons. The third-order valence-corrected chi connectivity index (χ3v) is 3.80. The minimum absolute atomic E-state index is 0. The summed E-state index contributed by atoms with van der Waals surface area (Å²) in [6, 6.07) is 7.80. The van der Waals surface area contributed by atoms with Crippen molar-refractivity contribution in [3.8, 4) is 5.75 Å². The number of carbonyl (C=O) groups is 1. The fourth-order valence-electron chi connectivity index (χ4n) is 1.78. The molecule has 0 spiro atoms. The van der Waals surface area contributed by atoms with Crippen molar-refractivity contribution in [2.75, 3.05) is 6.54 Å². The number of thiazole rings is 1. The normalized spacial score (nSPS) is 11.4. The number of ether oxygens (including phenoxy) is 1. The molecule has 1 aromatic heterocycles. The molecule has 2 rings (SSSR count). The molecule has 0 saturated carbocycles. The van der Waals surface area contributed by atoms with E-state index in [1.54, 1.807) is 5.38 Å². The highest BCUT2D eigenvalue weighted by atomic mass is 35.5. The van der Waals surface area contributed by atoms with Gasteiger partial charge in [-0.1, -0.05) is 18.2 Å². The van der Waals surface area contributed by atoms with Crippen molar-refractivity contribution in [1.82, 2.24) is 10.3 Å². The van der Waals surface area contributed by atoms with Crippen LogP contribution in [0.5, 0.6) is 5.75 Å². The van der Waals surface area contributed by atoms with E-state index in [-0.39, 0.29) is 24.4 Å². The minimum atomic E-state index is -0.203. The molecule has 0 bridgehead atoms. The third-order valence-electron chi connectivity index (χ3n) is 2.93. The summed E-state index contributed by atoms with van der Waals surface area (Å²) in [5, 5.41) is 5.28. The molecule has 1 amide bonds. The number of nitrogens with zero attached hydrogens (tertiary/aromatic N) is 1. The monoisotopic (exact) mass is 341 g/mol. The van der Waals surface area contributed by atoms with Crippen LogP contribution in [0.2, 0.25) is 0 Å². The van der Waals surface area contributed by atoms with Gasteiger partial charge in [-0.25, -0.2) is 4.98 Å². The van der Waals surface area contributed by atoms with Crippen LogP contribution in [0, 0.1) is 6.92 Å². The smallest absolute Gasteiger partial charge is 0.270 e. The summed E-state index contributed by atoms with van der Waals surface area (Å²) in [5.74, 6) is 0.629. The summed E-state index contributed by atoms with van der Waals surface area (Å²) in [4.78, 5) is 16.1. The molecule has 0 aliphatic rings. The van der Waals surface area contributed by atoms with Gasteiger partial charge in [0.2, 0.25) is 0 Å². The molecule has 0 aliphatic heterocycles. The Kier molecular flexibility index (Phi) is 7.31. The number of amides is 1. The van der Waals surface area contributed by atoms with E-state index in [1.807, 2.05) is 38.1 Å². The van der Waals surface area contributed by atoms with Crippen LogP contribution in [-0.2, 0) is 6.54 Å². The number of hydrogen-bond acceptors (Lipinski definition) is 5. The van der Waals surface area contributed by atoms with Crippen LogP contribution >= 0.6 is 23.7 Å². The Morgan fingerprint density at radius 2 is 2.18 bits per heavy atom. The minimum Gasteiger partial charge on any atom is -0.489 e. The van der Waals surface area contributed by atoms with Crippen molar-refractivity contribution < 1.29 is 9.53 Å². The highest BCUT2D eigenvalue weighted by molar-refractivity contribution is 7.09. The van der Waals surface area contributed by atoms with Crippen LogP contribution in [0.15, 0.2) is 29.6 Å². The first kappa shape index (κ1) is 18.4. The predicted octanol–water partition coefficient (Wildman–Crippen LogP) is 2.53. The lowest BCUT2D eigenvalue weighted by atomic mass is 10.2. The number of hydrogen-bond donors (Lipinski definition) is 2. The van der Waals surface area contributed by atoms with Gasteiger partial charge in [-0.05, 0) is 25.5 Å². The zero-order chi connectivity index (χ0) is 15.2. The van der Waals surface area contributed by atoms with Crippen LogP contribution in [0.25, 0.3) is 0 Å². The van der Waals surface area contributed by atoms with Crippen molar-refractivity contribution in [3.63, 3.8) is 0 Å². The molecule has 1 heterocycles. The number of aromatic nitrogens is 1. The van der Waals surface area contributed by atoms with Gasteiger partial charge in [0.05, 0.1) is 6.54 Å². The zero-order valence-corrected chi connectivity index (χ0v) is 14.2. The first-order valence-electron chi connectivity index (χ1n) is 6.75. The molecule has 0 saturated heterocycles. The molecule has 1 unspecified atom stereocenters. The van der Waals surface area contributed by atoms with E-state index in [2.05, 4.69) is 10.3 Å². The fourth-order valence-corrected chi connectivity index (χ4v) is 2.44. The Bertz CT molecular complexity index is 618. The van der Waals surface area contributed by atoms with Crippen LogP contribution in [-0.4, -0.2) is 23.5 Å². The maximum atomic E-state index is 11.9. The predicted molar refractivity (Wildman–Crippen MR) is 90.9 cm³/mol. The van der Waals surface area contributed by atoms with Gasteiger partial charge in [-0.2, -0.15) is 0 Å². The Morgan fingerprint density at radius 1 is 1.45 bits per heavy atom. The van der Waals surface area contributed by atoms with Gasteiger partial charge < -0.3 is 15.8 Å². The second-order valence-corrected chi connectivity index (χ2v) is 5.68. The van der Waals surface area contributed by atoms with Gasteiger partial charge in [0.1, 0.15) is 22.6 Å². The van der Waals surface area contributed by atoms with E-state index in [9.17, 15) is 4.79 Å². The highest BCUT2D eigenvalue weighted by Gasteiger charge is 2.12. The van der Waals surface area contributed by atoms with E-state index >= 15 is 0 Å². The van der Waals surface area contributed by atoms with Crippen LogP contribution in [0.4, 0.5) is 0 Å². The maximum Gasteiger partial charge on any atom is 0.270 e. The molecular weight excluding hydrogens is 322 g/mol. The Morgan fingerprint density at radius 3 is 2.82 bits per heavy atom. The van der Waals surface area contributed by atoms with Crippen LogP contribution in [0.3, 0.4) is 0 Å². The molecule has 3 N–H and O–H groups in total.